The van der Waals surface area contributed by atoms with Gasteiger partial charge in [-0.15, -0.1) is 0 Å². The smallest absolute Gasteiger partial charge is 0.309 e. The van der Waals surface area contributed by atoms with E-state index < -0.39 is 18.0 Å². The maximum atomic E-state index is 11.2. The molecule has 0 spiro atoms. The quantitative estimate of drug-likeness (QED) is 0.884. The van der Waals surface area contributed by atoms with Gasteiger partial charge in [0, 0.05) is 12.0 Å². The van der Waals surface area contributed by atoms with E-state index in [9.17, 15) is 9.90 Å². The maximum Gasteiger partial charge on any atom is 0.309 e. The van der Waals surface area contributed by atoms with Crippen molar-refractivity contribution in [3.05, 3.63) is 36.1 Å². The maximum absolute atomic E-state index is 11.2. The summed E-state index contributed by atoms with van der Waals surface area (Å²) in [6.45, 7) is 0.589. The van der Waals surface area contributed by atoms with Gasteiger partial charge >= 0.3 is 5.97 Å². The predicted octanol–water partition coefficient (Wildman–Crippen LogP) is 2.99. The Bertz CT molecular complexity index is 539. The predicted molar refractivity (Wildman–Crippen MR) is 65.3 cm³/mol. The third kappa shape index (κ3) is 1.88. The minimum Gasteiger partial charge on any atom is -0.481 e. The third-order valence-electron chi connectivity index (χ3n) is 3.36. The van der Waals surface area contributed by atoms with Crippen LogP contribution in [0.4, 0.5) is 0 Å². The molecule has 1 aromatic heterocycles. The molecule has 1 aliphatic heterocycles. The van der Waals surface area contributed by atoms with Crippen molar-refractivity contribution in [2.45, 2.75) is 18.9 Å². The van der Waals surface area contributed by atoms with Gasteiger partial charge in [0.1, 0.15) is 17.4 Å². The van der Waals surface area contributed by atoms with Crippen LogP contribution in [-0.2, 0) is 9.53 Å². The van der Waals surface area contributed by atoms with Crippen molar-refractivity contribution in [1.29, 1.82) is 0 Å². The molecule has 0 bridgehead atoms. The fourth-order valence-corrected chi connectivity index (χ4v) is 2.46. The average Bonchev–Trinajstić information content (AvgIpc) is 2.82. The molecule has 1 fully saturated rings. The molecule has 0 amide bonds. The van der Waals surface area contributed by atoms with Crippen molar-refractivity contribution in [3.63, 3.8) is 0 Å². The van der Waals surface area contributed by atoms with E-state index in [-0.39, 0.29) is 0 Å². The number of para-hydroxylation sites is 1. The molecule has 0 aliphatic carbocycles. The second kappa shape index (κ2) is 4.46. The molecule has 4 heteroatoms. The van der Waals surface area contributed by atoms with Crippen LogP contribution < -0.4 is 0 Å². The lowest BCUT2D eigenvalue weighted by molar-refractivity contribution is -0.152. The minimum atomic E-state index is -0.819. The summed E-state index contributed by atoms with van der Waals surface area (Å²) >= 11 is 0. The first-order valence-electron chi connectivity index (χ1n) is 6.08. The Kier molecular flexibility index (Phi) is 2.80. The van der Waals surface area contributed by atoms with Crippen LogP contribution in [0.2, 0.25) is 0 Å². The summed E-state index contributed by atoms with van der Waals surface area (Å²) in [4.78, 5) is 11.2. The number of aliphatic carboxylic acids is 1. The fourth-order valence-electron chi connectivity index (χ4n) is 2.46. The Morgan fingerprint density at radius 3 is 2.94 bits per heavy atom. The molecule has 1 saturated heterocycles. The Morgan fingerprint density at radius 1 is 1.33 bits per heavy atom. The fraction of sp³-hybridized carbons (Fsp3) is 0.357. The molecular formula is C14H14O4. The number of carboxylic acid groups (broad SMARTS) is 1. The zero-order chi connectivity index (χ0) is 12.5. The Balaban J connectivity index is 1.98. The third-order valence-corrected chi connectivity index (χ3v) is 3.36. The summed E-state index contributed by atoms with van der Waals surface area (Å²) in [6.07, 6.45) is 0.953. The molecule has 4 nitrogen and oxygen atoms in total. The van der Waals surface area contributed by atoms with E-state index >= 15 is 0 Å². The van der Waals surface area contributed by atoms with E-state index in [4.69, 9.17) is 9.15 Å². The molecule has 18 heavy (non-hydrogen) atoms. The Labute approximate surface area is 104 Å². The SMILES string of the molecule is O=C(O)C1CCCOC1c1cc2ccccc2o1. The van der Waals surface area contributed by atoms with E-state index in [1.807, 2.05) is 30.3 Å². The highest BCUT2D eigenvalue weighted by Crippen LogP contribution is 2.36. The van der Waals surface area contributed by atoms with Crippen molar-refractivity contribution in [2.24, 2.45) is 5.92 Å². The molecule has 2 heterocycles. The number of benzene rings is 1. The van der Waals surface area contributed by atoms with Crippen LogP contribution in [0.5, 0.6) is 0 Å². The molecule has 1 aromatic carbocycles. The number of carbonyl (C=O) groups is 1. The summed E-state index contributed by atoms with van der Waals surface area (Å²) in [5, 5.41) is 10.2. The lowest BCUT2D eigenvalue weighted by Crippen LogP contribution is -2.28. The molecule has 94 valence electrons. The van der Waals surface area contributed by atoms with Crippen LogP contribution in [-0.4, -0.2) is 17.7 Å². The standard InChI is InChI=1S/C14H14O4/c15-14(16)10-5-3-7-17-13(10)12-8-9-4-1-2-6-11(9)18-12/h1-2,4,6,8,10,13H,3,5,7H2,(H,15,16). The highest BCUT2D eigenvalue weighted by atomic mass is 16.5. The second-order valence-electron chi connectivity index (χ2n) is 4.56. The van der Waals surface area contributed by atoms with Gasteiger partial charge in [-0.2, -0.15) is 0 Å². The van der Waals surface area contributed by atoms with Crippen molar-refractivity contribution in [3.8, 4) is 0 Å². The summed E-state index contributed by atoms with van der Waals surface area (Å²) in [5.74, 6) is -0.720. The highest BCUT2D eigenvalue weighted by molar-refractivity contribution is 5.78. The van der Waals surface area contributed by atoms with Crippen LogP contribution in [0.1, 0.15) is 24.7 Å². The Hall–Kier alpha value is -1.81. The zero-order valence-electron chi connectivity index (χ0n) is 9.83. The number of furan rings is 1. The summed E-state index contributed by atoms with van der Waals surface area (Å²) in [5.41, 5.74) is 0.769. The van der Waals surface area contributed by atoms with E-state index in [2.05, 4.69) is 0 Å². The van der Waals surface area contributed by atoms with Crippen LogP contribution in [0.25, 0.3) is 11.0 Å². The average molecular weight is 246 g/mol. The topological polar surface area (TPSA) is 59.7 Å². The number of hydrogen-bond acceptors (Lipinski definition) is 3. The van der Waals surface area contributed by atoms with E-state index in [0.717, 1.165) is 17.4 Å². The first kappa shape index (κ1) is 11.3. The minimum absolute atomic E-state index is 0.469. The van der Waals surface area contributed by atoms with Gasteiger partial charge in [0.15, 0.2) is 0 Å². The molecule has 2 unspecified atom stereocenters. The molecule has 0 saturated carbocycles. The number of carboxylic acids is 1. The summed E-state index contributed by atoms with van der Waals surface area (Å²) in [7, 11) is 0. The van der Waals surface area contributed by atoms with Gasteiger partial charge in [-0.3, -0.25) is 4.79 Å². The normalized spacial score (nSPS) is 24.2. The van der Waals surface area contributed by atoms with Gasteiger partial charge in [0.05, 0.1) is 5.92 Å². The lowest BCUT2D eigenvalue weighted by Gasteiger charge is -2.27. The van der Waals surface area contributed by atoms with Crippen LogP contribution in [0, 0.1) is 5.92 Å². The van der Waals surface area contributed by atoms with Gasteiger partial charge < -0.3 is 14.3 Å². The van der Waals surface area contributed by atoms with Gasteiger partial charge in [0.2, 0.25) is 0 Å². The van der Waals surface area contributed by atoms with E-state index in [1.165, 1.54) is 0 Å². The number of ether oxygens (including phenoxy) is 1. The second-order valence-corrected chi connectivity index (χ2v) is 4.56. The van der Waals surface area contributed by atoms with Crippen molar-refractivity contribution < 1.29 is 19.1 Å². The number of fused-ring (bicyclic) bond motifs is 1. The van der Waals surface area contributed by atoms with Gasteiger partial charge in [-0.1, -0.05) is 18.2 Å². The van der Waals surface area contributed by atoms with Crippen LogP contribution >= 0.6 is 0 Å². The largest absolute Gasteiger partial charge is 0.481 e. The van der Waals surface area contributed by atoms with E-state index in [0.29, 0.717) is 18.8 Å². The molecule has 2 atom stereocenters. The molecule has 3 rings (SSSR count). The zero-order valence-corrected chi connectivity index (χ0v) is 9.83. The summed E-state index contributed by atoms with van der Waals surface area (Å²) in [6, 6.07) is 9.52. The Morgan fingerprint density at radius 2 is 2.17 bits per heavy atom. The first-order valence-corrected chi connectivity index (χ1v) is 6.08. The molecule has 0 radical (unpaired) electrons. The van der Waals surface area contributed by atoms with Crippen molar-refractivity contribution in [2.75, 3.05) is 6.61 Å². The van der Waals surface area contributed by atoms with Crippen LogP contribution in [0.3, 0.4) is 0 Å². The molecule has 2 aromatic rings. The molecule has 1 aliphatic rings. The van der Waals surface area contributed by atoms with Gasteiger partial charge in [-0.25, -0.2) is 0 Å². The lowest BCUT2D eigenvalue weighted by atomic mass is 9.93. The number of hydrogen-bond donors (Lipinski definition) is 1. The highest BCUT2D eigenvalue weighted by Gasteiger charge is 2.35. The monoisotopic (exact) mass is 246 g/mol. The van der Waals surface area contributed by atoms with Gasteiger partial charge in [-0.05, 0) is 25.0 Å². The number of rotatable bonds is 2. The van der Waals surface area contributed by atoms with Crippen molar-refractivity contribution >= 4 is 16.9 Å². The summed E-state index contributed by atoms with van der Waals surface area (Å²) < 4.78 is 11.3. The molecule has 1 N–H and O–H groups in total. The first-order chi connectivity index (χ1) is 8.75. The van der Waals surface area contributed by atoms with Crippen molar-refractivity contribution in [1.82, 2.24) is 0 Å². The van der Waals surface area contributed by atoms with Gasteiger partial charge in [0.25, 0.3) is 0 Å². The van der Waals surface area contributed by atoms with E-state index in [1.54, 1.807) is 0 Å². The van der Waals surface area contributed by atoms with Crippen LogP contribution in [0.15, 0.2) is 34.7 Å². The molecular weight excluding hydrogens is 232 g/mol.